The van der Waals surface area contributed by atoms with E-state index in [2.05, 4.69) is 15.6 Å². The summed E-state index contributed by atoms with van der Waals surface area (Å²) in [5.41, 5.74) is -0.754. The Morgan fingerprint density at radius 2 is 2.08 bits per heavy atom. The molecule has 0 spiro atoms. The van der Waals surface area contributed by atoms with Gasteiger partial charge >= 0.3 is 6.03 Å². The predicted molar refractivity (Wildman–Crippen MR) is 85.3 cm³/mol. The van der Waals surface area contributed by atoms with E-state index in [1.165, 1.54) is 6.92 Å². The molecule has 2 amide bonds. The maximum Gasteiger partial charge on any atom is 0.314 e. The predicted octanol–water partition coefficient (Wildman–Crippen LogP) is 2.11. The van der Waals surface area contributed by atoms with Crippen LogP contribution in [0.2, 0.25) is 0 Å². The fourth-order valence-electron chi connectivity index (χ4n) is 2.20. The van der Waals surface area contributed by atoms with Gasteiger partial charge in [-0.05, 0) is 31.0 Å². The summed E-state index contributed by atoms with van der Waals surface area (Å²) in [5.74, 6) is -1.59. The van der Waals surface area contributed by atoms with Crippen molar-refractivity contribution in [3.63, 3.8) is 0 Å². The van der Waals surface area contributed by atoms with Crippen molar-refractivity contribution in [2.45, 2.75) is 18.9 Å². The van der Waals surface area contributed by atoms with Gasteiger partial charge in [-0.15, -0.1) is 0 Å². The number of pyridine rings is 1. The minimum absolute atomic E-state index is 0.0837. The van der Waals surface area contributed by atoms with Gasteiger partial charge in [0.15, 0.2) is 0 Å². The third-order valence-electron chi connectivity index (χ3n) is 3.53. The molecule has 1 aromatic carbocycles. The van der Waals surface area contributed by atoms with Gasteiger partial charge in [0.2, 0.25) is 0 Å². The van der Waals surface area contributed by atoms with Gasteiger partial charge in [-0.25, -0.2) is 13.6 Å². The SMILES string of the molecule is CC(O)(CNC(=O)NCCc1cccnc1)c1ccc(F)cc1F. The van der Waals surface area contributed by atoms with Gasteiger partial charge in [0.1, 0.15) is 17.2 Å². The van der Waals surface area contributed by atoms with Crippen molar-refractivity contribution in [3.05, 3.63) is 65.5 Å². The van der Waals surface area contributed by atoms with Gasteiger partial charge in [-0.1, -0.05) is 12.1 Å². The maximum absolute atomic E-state index is 13.7. The third-order valence-corrected chi connectivity index (χ3v) is 3.53. The Kier molecular flexibility index (Phi) is 5.81. The monoisotopic (exact) mass is 335 g/mol. The van der Waals surface area contributed by atoms with Gasteiger partial charge < -0.3 is 15.7 Å². The lowest BCUT2D eigenvalue weighted by Crippen LogP contribution is -2.44. The summed E-state index contributed by atoms with van der Waals surface area (Å²) >= 11 is 0. The smallest absolute Gasteiger partial charge is 0.314 e. The molecule has 0 radical (unpaired) electrons. The molecule has 1 heterocycles. The first-order chi connectivity index (χ1) is 11.4. The number of aromatic nitrogens is 1. The number of nitrogens with one attached hydrogen (secondary N) is 2. The van der Waals surface area contributed by atoms with Crippen LogP contribution in [0.3, 0.4) is 0 Å². The van der Waals surface area contributed by atoms with E-state index in [9.17, 15) is 18.7 Å². The van der Waals surface area contributed by atoms with Gasteiger partial charge in [-0.2, -0.15) is 0 Å². The number of carbonyl (C=O) groups excluding carboxylic acids is 1. The zero-order valence-corrected chi connectivity index (χ0v) is 13.2. The lowest BCUT2D eigenvalue weighted by atomic mass is 9.95. The number of carbonyl (C=O) groups is 1. The largest absolute Gasteiger partial charge is 0.383 e. The van der Waals surface area contributed by atoms with E-state index < -0.39 is 23.3 Å². The van der Waals surface area contributed by atoms with Crippen LogP contribution in [0.15, 0.2) is 42.7 Å². The fourth-order valence-corrected chi connectivity index (χ4v) is 2.20. The second-order valence-electron chi connectivity index (χ2n) is 5.62. The van der Waals surface area contributed by atoms with E-state index >= 15 is 0 Å². The molecule has 2 rings (SSSR count). The van der Waals surface area contributed by atoms with Crippen LogP contribution in [-0.2, 0) is 12.0 Å². The normalized spacial score (nSPS) is 13.2. The highest BCUT2D eigenvalue weighted by Crippen LogP contribution is 2.23. The Morgan fingerprint density at radius 1 is 1.29 bits per heavy atom. The summed E-state index contributed by atoms with van der Waals surface area (Å²) < 4.78 is 26.6. The molecule has 1 unspecified atom stereocenters. The van der Waals surface area contributed by atoms with Crippen LogP contribution >= 0.6 is 0 Å². The second kappa shape index (κ2) is 7.83. The first kappa shape index (κ1) is 17.8. The van der Waals surface area contributed by atoms with E-state index in [0.29, 0.717) is 19.0 Å². The molecule has 5 nitrogen and oxygen atoms in total. The highest BCUT2D eigenvalue weighted by atomic mass is 19.1. The van der Waals surface area contributed by atoms with E-state index in [1.807, 2.05) is 12.1 Å². The van der Waals surface area contributed by atoms with Crippen molar-refractivity contribution >= 4 is 6.03 Å². The summed E-state index contributed by atoms with van der Waals surface area (Å²) in [6, 6.07) is 6.13. The molecule has 0 aliphatic rings. The quantitative estimate of drug-likeness (QED) is 0.757. The molecule has 24 heavy (non-hydrogen) atoms. The molecular formula is C17H19F2N3O2. The van der Waals surface area contributed by atoms with E-state index in [4.69, 9.17) is 0 Å². The van der Waals surface area contributed by atoms with Gasteiger partial charge in [0, 0.05) is 30.6 Å². The van der Waals surface area contributed by atoms with E-state index in [1.54, 1.807) is 12.4 Å². The van der Waals surface area contributed by atoms with Crippen molar-refractivity contribution in [1.29, 1.82) is 0 Å². The zero-order chi connectivity index (χ0) is 17.6. The highest BCUT2D eigenvalue weighted by Gasteiger charge is 2.27. The van der Waals surface area contributed by atoms with Crippen LogP contribution in [0, 0.1) is 11.6 Å². The molecule has 1 atom stereocenters. The Bertz CT molecular complexity index is 693. The topological polar surface area (TPSA) is 74.2 Å². The number of hydrogen-bond acceptors (Lipinski definition) is 3. The third kappa shape index (κ3) is 4.99. The number of halogens is 2. The molecule has 7 heteroatoms. The Hall–Kier alpha value is -2.54. The fraction of sp³-hybridized carbons (Fsp3) is 0.294. The number of rotatable bonds is 6. The standard InChI is InChI=1S/C17H19F2N3O2/c1-17(24,14-5-4-13(18)9-15(14)19)11-22-16(23)21-8-6-12-3-2-7-20-10-12/h2-5,7,9-10,24H,6,8,11H2,1H3,(H2,21,22,23). The number of benzene rings is 1. The van der Waals surface area contributed by atoms with Crippen molar-refractivity contribution in [1.82, 2.24) is 15.6 Å². The molecule has 3 N–H and O–H groups in total. The summed E-state index contributed by atoms with van der Waals surface area (Å²) in [6.07, 6.45) is 3.99. The molecule has 0 bridgehead atoms. The van der Waals surface area contributed by atoms with Crippen LogP contribution in [-0.4, -0.2) is 29.2 Å². The van der Waals surface area contributed by atoms with E-state index in [-0.39, 0.29) is 12.1 Å². The molecule has 0 aliphatic heterocycles. The molecule has 2 aromatic rings. The molecule has 0 saturated carbocycles. The Balaban J connectivity index is 1.81. The molecule has 1 aromatic heterocycles. The summed E-state index contributed by atoms with van der Waals surface area (Å²) in [6.45, 7) is 1.53. The Morgan fingerprint density at radius 3 is 2.75 bits per heavy atom. The first-order valence-corrected chi connectivity index (χ1v) is 7.47. The summed E-state index contributed by atoms with van der Waals surface area (Å²) in [7, 11) is 0. The van der Waals surface area contributed by atoms with Crippen molar-refractivity contribution in [3.8, 4) is 0 Å². The number of urea groups is 1. The second-order valence-corrected chi connectivity index (χ2v) is 5.62. The lowest BCUT2D eigenvalue weighted by Gasteiger charge is -2.24. The molecular weight excluding hydrogens is 316 g/mol. The number of aliphatic hydroxyl groups is 1. The first-order valence-electron chi connectivity index (χ1n) is 7.47. The number of amides is 2. The Labute approximate surface area is 138 Å². The molecule has 128 valence electrons. The van der Waals surface area contributed by atoms with Crippen LogP contribution in [0.4, 0.5) is 13.6 Å². The maximum atomic E-state index is 13.7. The zero-order valence-electron chi connectivity index (χ0n) is 13.2. The lowest BCUT2D eigenvalue weighted by molar-refractivity contribution is 0.0555. The van der Waals surface area contributed by atoms with Crippen LogP contribution < -0.4 is 10.6 Å². The van der Waals surface area contributed by atoms with Crippen molar-refractivity contribution in [2.24, 2.45) is 0 Å². The molecule has 0 saturated heterocycles. The van der Waals surface area contributed by atoms with Crippen molar-refractivity contribution < 1.29 is 18.7 Å². The van der Waals surface area contributed by atoms with Crippen LogP contribution in [0.25, 0.3) is 0 Å². The number of hydrogen-bond donors (Lipinski definition) is 3. The van der Waals surface area contributed by atoms with Crippen molar-refractivity contribution in [2.75, 3.05) is 13.1 Å². The minimum Gasteiger partial charge on any atom is -0.383 e. The van der Waals surface area contributed by atoms with Gasteiger partial charge in [0.25, 0.3) is 0 Å². The minimum atomic E-state index is -1.65. The summed E-state index contributed by atoms with van der Waals surface area (Å²) in [5, 5.41) is 15.4. The molecule has 0 fully saturated rings. The highest BCUT2D eigenvalue weighted by molar-refractivity contribution is 5.73. The van der Waals surface area contributed by atoms with Crippen LogP contribution in [0.5, 0.6) is 0 Å². The summed E-state index contributed by atoms with van der Waals surface area (Å²) in [4.78, 5) is 15.7. The average molecular weight is 335 g/mol. The van der Waals surface area contributed by atoms with Crippen LogP contribution in [0.1, 0.15) is 18.1 Å². The number of nitrogens with zero attached hydrogens (tertiary/aromatic N) is 1. The van der Waals surface area contributed by atoms with E-state index in [0.717, 1.165) is 17.7 Å². The average Bonchev–Trinajstić information content (AvgIpc) is 2.54. The molecule has 0 aliphatic carbocycles. The van der Waals surface area contributed by atoms with Gasteiger partial charge in [-0.3, -0.25) is 4.98 Å². The van der Waals surface area contributed by atoms with Gasteiger partial charge in [0.05, 0.1) is 6.54 Å².